The molecular weight excluding hydrogens is 316 g/mol. The molecule has 1 aliphatic heterocycles. The maximum absolute atomic E-state index is 12.2. The molecule has 0 spiro atoms. The summed E-state index contributed by atoms with van der Waals surface area (Å²) in [6.45, 7) is 6.04. The van der Waals surface area contributed by atoms with Crippen LogP contribution in [0.25, 0.3) is 11.0 Å². The van der Waals surface area contributed by atoms with Crippen LogP contribution in [0.3, 0.4) is 0 Å². The minimum Gasteiger partial charge on any atom is -0.352 e. The Morgan fingerprint density at radius 1 is 1.35 bits per heavy atom. The molecule has 2 N–H and O–H groups in total. The molecule has 1 amide bonds. The van der Waals surface area contributed by atoms with E-state index in [0.717, 1.165) is 50.2 Å². The molecule has 7 nitrogen and oxygen atoms in total. The second kappa shape index (κ2) is 8.24. The highest BCUT2D eigenvalue weighted by atomic mass is 35.5. The van der Waals surface area contributed by atoms with Crippen LogP contribution in [0.4, 0.5) is 0 Å². The van der Waals surface area contributed by atoms with Gasteiger partial charge in [0.25, 0.3) is 5.91 Å². The second-order valence-electron chi connectivity index (χ2n) is 5.62. The van der Waals surface area contributed by atoms with Crippen molar-refractivity contribution in [1.29, 1.82) is 0 Å². The Hall–Kier alpha value is -1.70. The third-order valence-corrected chi connectivity index (χ3v) is 4.02. The molecule has 0 aliphatic carbocycles. The fraction of sp³-hybridized carbons (Fsp3) is 0.533. The predicted octanol–water partition coefficient (Wildman–Crippen LogP) is 0.415. The van der Waals surface area contributed by atoms with E-state index in [2.05, 4.69) is 25.8 Å². The van der Waals surface area contributed by atoms with Gasteiger partial charge in [0.15, 0.2) is 0 Å². The fourth-order valence-corrected chi connectivity index (χ4v) is 2.72. The van der Waals surface area contributed by atoms with Crippen molar-refractivity contribution in [3.8, 4) is 0 Å². The van der Waals surface area contributed by atoms with E-state index in [1.54, 1.807) is 10.7 Å². The number of carbonyl (C=O) groups is 1. The van der Waals surface area contributed by atoms with Crippen LogP contribution in [-0.2, 0) is 7.05 Å². The monoisotopic (exact) mass is 338 g/mol. The summed E-state index contributed by atoms with van der Waals surface area (Å²) in [6.07, 6.45) is 0.971. The van der Waals surface area contributed by atoms with Gasteiger partial charge in [-0.05, 0) is 31.2 Å². The average molecular weight is 339 g/mol. The number of amides is 1. The number of aromatic nitrogens is 3. The zero-order chi connectivity index (χ0) is 15.4. The topological polar surface area (TPSA) is 75.1 Å². The molecule has 1 aromatic carbocycles. The Bertz CT molecular complexity index is 652. The van der Waals surface area contributed by atoms with Crippen LogP contribution in [-0.4, -0.2) is 65.1 Å². The van der Waals surface area contributed by atoms with E-state index in [-0.39, 0.29) is 18.3 Å². The van der Waals surface area contributed by atoms with Crippen LogP contribution in [0.15, 0.2) is 18.2 Å². The molecule has 126 valence electrons. The lowest BCUT2D eigenvalue weighted by molar-refractivity contribution is 0.0951. The van der Waals surface area contributed by atoms with Gasteiger partial charge in [-0.1, -0.05) is 5.21 Å². The first-order valence-electron chi connectivity index (χ1n) is 7.75. The van der Waals surface area contributed by atoms with E-state index >= 15 is 0 Å². The number of fused-ring (bicyclic) bond motifs is 1. The molecule has 8 heteroatoms. The van der Waals surface area contributed by atoms with Crippen molar-refractivity contribution >= 4 is 29.3 Å². The van der Waals surface area contributed by atoms with Gasteiger partial charge in [-0.25, -0.2) is 4.68 Å². The van der Waals surface area contributed by atoms with Gasteiger partial charge in [0.2, 0.25) is 0 Å². The van der Waals surface area contributed by atoms with Gasteiger partial charge < -0.3 is 15.5 Å². The van der Waals surface area contributed by atoms with Crippen molar-refractivity contribution in [3.05, 3.63) is 23.8 Å². The minimum atomic E-state index is -0.0483. The largest absolute Gasteiger partial charge is 0.352 e. The molecule has 3 rings (SSSR count). The summed E-state index contributed by atoms with van der Waals surface area (Å²) < 4.78 is 1.70. The third kappa shape index (κ3) is 4.40. The van der Waals surface area contributed by atoms with E-state index in [0.29, 0.717) is 12.1 Å². The molecule has 0 saturated carbocycles. The van der Waals surface area contributed by atoms with E-state index in [1.807, 2.05) is 19.2 Å². The Balaban J connectivity index is 0.00000192. The van der Waals surface area contributed by atoms with Crippen LogP contribution in [0.5, 0.6) is 0 Å². The zero-order valence-electron chi connectivity index (χ0n) is 13.3. The fourth-order valence-electron chi connectivity index (χ4n) is 2.72. The normalized spacial score (nSPS) is 15.3. The van der Waals surface area contributed by atoms with Gasteiger partial charge in [-0.2, -0.15) is 0 Å². The highest BCUT2D eigenvalue weighted by molar-refractivity contribution is 5.97. The average Bonchev–Trinajstić information content (AvgIpc) is 2.93. The summed E-state index contributed by atoms with van der Waals surface area (Å²) in [5, 5.41) is 14.3. The Morgan fingerprint density at radius 2 is 2.13 bits per heavy atom. The molecule has 0 radical (unpaired) electrons. The quantitative estimate of drug-likeness (QED) is 0.773. The number of carbonyl (C=O) groups excluding carboxylic acids is 1. The molecule has 2 heterocycles. The van der Waals surface area contributed by atoms with Crippen molar-refractivity contribution in [2.75, 3.05) is 39.3 Å². The Kier molecular flexibility index (Phi) is 6.32. The van der Waals surface area contributed by atoms with Gasteiger partial charge in [0.1, 0.15) is 5.52 Å². The van der Waals surface area contributed by atoms with E-state index in [1.165, 1.54) is 0 Å². The summed E-state index contributed by atoms with van der Waals surface area (Å²) in [7, 11) is 1.84. The van der Waals surface area contributed by atoms with Crippen LogP contribution in [0, 0.1) is 0 Å². The molecule has 2 aromatic rings. The lowest BCUT2D eigenvalue weighted by Gasteiger charge is -2.27. The van der Waals surface area contributed by atoms with Crippen molar-refractivity contribution in [1.82, 2.24) is 30.5 Å². The SMILES string of the molecule is Cl.Cn1nnc2cc(C(=O)NCCCN3CCNCC3)ccc21. The number of aryl methyl sites for hydroxylation is 1. The Labute approximate surface area is 141 Å². The smallest absolute Gasteiger partial charge is 0.251 e. The summed E-state index contributed by atoms with van der Waals surface area (Å²) in [5.74, 6) is -0.0483. The molecule has 0 bridgehead atoms. The molecular formula is C15H23ClN6O. The van der Waals surface area contributed by atoms with Crippen LogP contribution < -0.4 is 10.6 Å². The third-order valence-electron chi connectivity index (χ3n) is 4.02. The molecule has 0 unspecified atom stereocenters. The molecule has 1 aromatic heterocycles. The lowest BCUT2D eigenvalue weighted by Crippen LogP contribution is -2.44. The number of hydrogen-bond acceptors (Lipinski definition) is 5. The first-order valence-corrected chi connectivity index (χ1v) is 7.75. The van der Waals surface area contributed by atoms with Crippen molar-refractivity contribution in [2.24, 2.45) is 7.05 Å². The van der Waals surface area contributed by atoms with Gasteiger partial charge >= 0.3 is 0 Å². The van der Waals surface area contributed by atoms with Crippen molar-refractivity contribution in [2.45, 2.75) is 6.42 Å². The molecule has 1 fully saturated rings. The van der Waals surface area contributed by atoms with Gasteiger partial charge in [0.05, 0.1) is 5.52 Å². The first kappa shape index (κ1) is 17.7. The van der Waals surface area contributed by atoms with E-state index in [9.17, 15) is 4.79 Å². The van der Waals surface area contributed by atoms with Crippen molar-refractivity contribution < 1.29 is 4.79 Å². The highest BCUT2D eigenvalue weighted by Gasteiger charge is 2.10. The lowest BCUT2D eigenvalue weighted by atomic mass is 10.2. The van der Waals surface area contributed by atoms with Gasteiger partial charge in [-0.15, -0.1) is 17.5 Å². The summed E-state index contributed by atoms with van der Waals surface area (Å²) in [6, 6.07) is 5.48. The first-order chi connectivity index (χ1) is 10.7. The molecule has 23 heavy (non-hydrogen) atoms. The zero-order valence-corrected chi connectivity index (χ0v) is 14.1. The van der Waals surface area contributed by atoms with Crippen LogP contribution >= 0.6 is 12.4 Å². The predicted molar refractivity (Wildman–Crippen MR) is 92.0 cm³/mol. The number of nitrogens with zero attached hydrogens (tertiary/aromatic N) is 4. The summed E-state index contributed by atoms with van der Waals surface area (Å²) >= 11 is 0. The number of halogens is 1. The van der Waals surface area contributed by atoms with Crippen molar-refractivity contribution in [3.63, 3.8) is 0 Å². The van der Waals surface area contributed by atoms with Gasteiger partial charge in [-0.3, -0.25) is 4.79 Å². The van der Waals surface area contributed by atoms with Gasteiger partial charge in [0, 0.05) is 45.3 Å². The van der Waals surface area contributed by atoms with E-state index in [4.69, 9.17) is 0 Å². The second-order valence-corrected chi connectivity index (χ2v) is 5.62. The maximum atomic E-state index is 12.2. The number of piperazine rings is 1. The standard InChI is InChI=1S/C15H22N6O.ClH/c1-20-14-4-3-12(11-13(14)18-19-20)15(22)17-5-2-8-21-9-6-16-7-10-21;/h3-4,11,16H,2,5-10H2,1H3,(H,17,22);1H. The van der Waals surface area contributed by atoms with Crippen LogP contribution in [0.1, 0.15) is 16.8 Å². The summed E-state index contributed by atoms with van der Waals surface area (Å²) in [5.41, 5.74) is 2.31. The number of nitrogens with one attached hydrogen (secondary N) is 2. The number of hydrogen-bond donors (Lipinski definition) is 2. The van der Waals surface area contributed by atoms with E-state index < -0.39 is 0 Å². The molecule has 0 atom stereocenters. The number of benzene rings is 1. The highest BCUT2D eigenvalue weighted by Crippen LogP contribution is 2.12. The minimum absolute atomic E-state index is 0. The maximum Gasteiger partial charge on any atom is 0.251 e. The van der Waals surface area contributed by atoms with Crippen LogP contribution in [0.2, 0.25) is 0 Å². The Morgan fingerprint density at radius 3 is 2.91 bits per heavy atom. The molecule has 1 saturated heterocycles. The summed E-state index contributed by atoms with van der Waals surface area (Å²) in [4.78, 5) is 14.6. The number of rotatable bonds is 5. The molecule has 1 aliphatic rings.